The predicted octanol–water partition coefficient (Wildman–Crippen LogP) is 4.19. The van der Waals surface area contributed by atoms with E-state index in [2.05, 4.69) is 26.9 Å². The Morgan fingerprint density at radius 2 is 2.10 bits per heavy atom. The summed E-state index contributed by atoms with van der Waals surface area (Å²) in [6.45, 7) is 5.41. The van der Waals surface area contributed by atoms with E-state index in [1.54, 1.807) is 0 Å². The molecule has 1 amide bonds. The number of aromatic amines is 1. The molecule has 4 atom stereocenters. The predicted molar refractivity (Wildman–Crippen MR) is 115 cm³/mol. The number of H-pyrrole nitrogens is 1. The maximum atomic E-state index is 13.5. The minimum Gasteiger partial charge on any atom is -0.338 e. The van der Waals surface area contributed by atoms with Crippen LogP contribution in [0.25, 0.3) is 11.1 Å². The zero-order valence-corrected chi connectivity index (χ0v) is 17.4. The van der Waals surface area contributed by atoms with E-state index in [9.17, 15) is 4.79 Å². The summed E-state index contributed by atoms with van der Waals surface area (Å²) in [6, 6.07) is 9.37. The number of aromatic nitrogens is 2. The first kappa shape index (κ1) is 18.9. The number of amides is 1. The lowest BCUT2D eigenvalue weighted by atomic mass is 9.71. The second-order valence-corrected chi connectivity index (χ2v) is 9.19. The monoisotopic (exact) mass is 392 g/mol. The smallest absolute Gasteiger partial charge is 0.253 e. The quantitative estimate of drug-likeness (QED) is 0.849. The van der Waals surface area contributed by atoms with Gasteiger partial charge in [-0.1, -0.05) is 31.9 Å². The molecule has 3 saturated heterocycles. The molecular formula is C24H32N4O. The standard InChI is InChI=1S/C24H32N4O/c1-2-6-22-19-12-20(23-9-3-4-10-28(22)23)16-27(15-19)24(29)18-8-5-7-17(11-18)21-13-25-26-14-21/h5,7-8,11,13-14,19-20,22-23H,2-4,6,9-10,12,15-16H2,1H3,(H,25,26)/t19-,20+,22-,23-/m0/s1. The van der Waals surface area contributed by atoms with Gasteiger partial charge in [0.05, 0.1) is 6.20 Å². The third-order valence-electron chi connectivity index (χ3n) is 7.43. The van der Waals surface area contributed by atoms with Gasteiger partial charge >= 0.3 is 0 Å². The van der Waals surface area contributed by atoms with Crippen molar-refractivity contribution in [2.45, 2.75) is 57.5 Å². The summed E-state index contributed by atoms with van der Waals surface area (Å²) in [4.78, 5) is 18.5. The molecule has 5 heteroatoms. The Hall–Kier alpha value is -2.14. The van der Waals surface area contributed by atoms with Crippen molar-refractivity contribution < 1.29 is 4.79 Å². The van der Waals surface area contributed by atoms with Crippen molar-refractivity contribution in [3.8, 4) is 11.1 Å². The molecule has 0 aliphatic carbocycles. The minimum atomic E-state index is 0.199. The summed E-state index contributed by atoms with van der Waals surface area (Å²) in [5.41, 5.74) is 2.87. The summed E-state index contributed by atoms with van der Waals surface area (Å²) >= 11 is 0. The molecule has 0 radical (unpaired) electrons. The number of hydrogen-bond acceptors (Lipinski definition) is 3. The molecule has 0 unspecified atom stereocenters. The van der Waals surface area contributed by atoms with E-state index in [1.807, 2.05) is 36.7 Å². The number of carbonyl (C=O) groups is 1. The van der Waals surface area contributed by atoms with Crippen LogP contribution < -0.4 is 0 Å². The second-order valence-electron chi connectivity index (χ2n) is 9.19. The van der Waals surface area contributed by atoms with Crippen molar-refractivity contribution in [2.75, 3.05) is 19.6 Å². The highest BCUT2D eigenvalue weighted by Gasteiger charge is 2.47. The molecule has 154 valence electrons. The fraction of sp³-hybridized carbons (Fsp3) is 0.583. The summed E-state index contributed by atoms with van der Waals surface area (Å²) in [5, 5.41) is 6.90. The molecule has 4 heterocycles. The molecule has 2 aromatic rings. The van der Waals surface area contributed by atoms with Crippen LogP contribution in [0.3, 0.4) is 0 Å². The van der Waals surface area contributed by atoms with E-state index >= 15 is 0 Å². The van der Waals surface area contributed by atoms with Crippen LogP contribution in [0.15, 0.2) is 36.7 Å². The van der Waals surface area contributed by atoms with Crippen LogP contribution in [0.1, 0.15) is 55.8 Å². The Labute approximate surface area is 173 Å². The third-order valence-corrected chi connectivity index (χ3v) is 7.43. The highest BCUT2D eigenvalue weighted by atomic mass is 16.2. The molecule has 3 aliphatic heterocycles. The molecule has 0 saturated carbocycles. The highest BCUT2D eigenvalue weighted by molar-refractivity contribution is 5.95. The third kappa shape index (κ3) is 3.50. The summed E-state index contributed by atoms with van der Waals surface area (Å²) < 4.78 is 0. The molecule has 3 fully saturated rings. The van der Waals surface area contributed by atoms with Gasteiger partial charge in [0, 0.05) is 42.5 Å². The Morgan fingerprint density at radius 3 is 2.93 bits per heavy atom. The Bertz CT molecular complexity index is 848. The van der Waals surface area contributed by atoms with Gasteiger partial charge in [-0.2, -0.15) is 5.10 Å². The molecule has 5 rings (SSSR count). The van der Waals surface area contributed by atoms with E-state index in [1.165, 1.54) is 45.1 Å². The molecular weight excluding hydrogens is 360 g/mol. The number of nitrogens with zero attached hydrogens (tertiary/aromatic N) is 3. The van der Waals surface area contributed by atoms with Crippen LogP contribution in [0.5, 0.6) is 0 Å². The van der Waals surface area contributed by atoms with Crippen LogP contribution in [0.2, 0.25) is 0 Å². The zero-order valence-electron chi connectivity index (χ0n) is 17.4. The van der Waals surface area contributed by atoms with E-state index in [0.717, 1.165) is 29.8 Å². The van der Waals surface area contributed by atoms with Gasteiger partial charge in [0.25, 0.3) is 5.91 Å². The lowest BCUT2D eigenvalue weighted by molar-refractivity contribution is -0.0670. The van der Waals surface area contributed by atoms with Crippen molar-refractivity contribution in [1.29, 1.82) is 0 Å². The van der Waals surface area contributed by atoms with Crippen LogP contribution in [0, 0.1) is 11.8 Å². The highest BCUT2D eigenvalue weighted by Crippen LogP contribution is 2.42. The Kier molecular flexibility index (Phi) is 5.17. The summed E-state index contributed by atoms with van der Waals surface area (Å²) in [5.74, 6) is 1.47. The van der Waals surface area contributed by atoms with Gasteiger partial charge in [0.15, 0.2) is 0 Å². The van der Waals surface area contributed by atoms with Gasteiger partial charge in [-0.25, -0.2) is 0 Å². The van der Waals surface area contributed by atoms with E-state index < -0.39 is 0 Å². The number of likely N-dealkylation sites (tertiary alicyclic amines) is 1. The van der Waals surface area contributed by atoms with Crippen LogP contribution in [-0.4, -0.2) is 57.6 Å². The molecule has 1 N–H and O–H groups in total. The molecule has 2 bridgehead atoms. The number of hydrogen-bond donors (Lipinski definition) is 1. The summed E-state index contributed by atoms with van der Waals surface area (Å²) in [6.07, 6.45) is 11.5. The molecule has 5 nitrogen and oxygen atoms in total. The molecule has 1 aromatic carbocycles. The average Bonchev–Trinajstić information content (AvgIpc) is 3.31. The average molecular weight is 393 g/mol. The van der Waals surface area contributed by atoms with Crippen molar-refractivity contribution in [2.24, 2.45) is 11.8 Å². The lowest BCUT2D eigenvalue weighted by Crippen LogP contribution is -2.64. The SMILES string of the molecule is CCC[C@H]1[C@H]2C[C@H](CN(C(=O)c3cccc(-c4cn[nH]c4)c3)C2)[C@@H]2CCCCN21. The number of fused-ring (bicyclic) bond motifs is 4. The first-order valence-corrected chi connectivity index (χ1v) is 11.4. The van der Waals surface area contributed by atoms with E-state index in [4.69, 9.17) is 0 Å². The Morgan fingerprint density at radius 1 is 1.21 bits per heavy atom. The van der Waals surface area contributed by atoms with Crippen molar-refractivity contribution in [3.63, 3.8) is 0 Å². The van der Waals surface area contributed by atoms with E-state index in [-0.39, 0.29) is 5.91 Å². The Balaban J connectivity index is 1.38. The lowest BCUT2D eigenvalue weighted by Gasteiger charge is -2.57. The van der Waals surface area contributed by atoms with Gasteiger partial charge < -0.3 is 4.90 Å². The fourth-order valence-corrected chi connectivity index (χ4v) is 6.19. The van der Waals surface area contributed by atoms with Gasteiger partial charge in [0.1, 0.15) is 0 Å². The fourth-order valence-electron chi connectivity index (χ4n) is 6.19. The van der Waals surface area contributed by atoms with Gasteiger partial charge in [0.2, 0.25) is 0 Å². The molecule has 3 aliphatic rings. The van der Waals surface area contributed by atoms with Gasteiger partial charge in [-0.15, -0.1) is 0 Å². The summed E-state index contributed by atoms with van der Waals surface area (Å²) in [7, 11) is 0. The number of rotatable bonds is 4. The van der Waals surface area contributed by atoms with Gasteiger partial charge in [-0.05, 0) is 61.8 Å². The largest absolute Gasteiger partial charge is 0.338 e. The second kappa shape index (κ2) is 7.94. The molecule has 0 spiro atoms. The number of nitrogens with one attached hydrogen (secondary N) is 1. The number of piperidine rings is 3. The minimum absolute atomic E-state index is 0.199. The van der Waals surface area contributed by atoms with Crippen molar-refractivity contribution in [1.82, 2.24) is 20.0 Å². The number of benzene rings is 1. The van der Waals surface area contributed by atoms with Crippen LogP contribution in [-0.2, 0) is 0 Å². The van der Waals surface area contributed by atoms with Crippen molar-refractivity contribution >= 4 is 5.91 Å². The van der Waals surface area contributed by atoms with Crippen LogP contribution >= 0.6 is 0 Å². The zero-order chi connectivity index (χ0) is 19.8. The van der Waals surface area contributed by atoms with E-state index in [0.29, 0.717) is 23.9 Å². The maximum absolute atomic E-state index is 13.5. The first-order valence-electron chi connectivity index (χ1n) is 11.4. The number of carbonyl (C=O) groups excluding carboxylic acids is 1. The van der Waals surface area contributed by atoms with Gasteiger partial charge in [-0.3, -0.25) is 14.8 Å². The maximum Gasteiger partial charge on any atom is 0.253 e. The normalized spacial score (nSPS) is 29.5. The van der Waals surface area contributed by atoms with Crippen molar-refractivity contribution in [3.05, 3.63) is 42.2 Å². The first-order chi connectivity index (χ1) is 14.2. The van der Waals surface area contributed by atoms with Crippen LogP contribution in [0.4, 0.5) is 0 Å². The molecule has 29 heavy (non-hydrogen) atoms. The molecule has 1 aromatic heterocycles. The topological polar surface area (TPSA) is 52.2 Å².